The van der Waals surface area contributed by atoms with Gasteiger partial charge in [0.1, 0.15) is 0 Å². The van der Waals surface area contributed by atoms with Crippen molar-refractivity contribution in [1.29, 1.82) is 0 Å². The minimum Gasteiger partial charge on any atom is -0.393 e. The average Bonchev–Trinajstić information content (AvgIpc) is 1.78. The van der Waals surface area contributed by atoms with Crippen LogP contribution < -0.4 is 0 Å². The van der Waals surface area contributed by atoms with Gasteiger partial charge in [-0.15, -0.1) is 0 Å². The summed E-state index contributed by atoms with van der Waals surface area (Å²) in [5.74, 6) is 0. The molecule has 1 aliphatic rings. The first kappa shape index (κ1) is 6.81. The fourth-order valence-electron chi connectivity index (χ4n) is 0.981. The van der Waals surface area contributed by atoms with Crippen LogP contribution in [-0.4, -0.2) is 11.2 Å². The second-order valence-electron chi connectivity index (χ2n) is 2.67. The Morgan fingerprint density at radius 1 is 1.78 bits per heavy atom. The predicted molar refractivity (Wildman–Crippen MR) is 38.2 cm³/mol. The van der Waals surface area contributed by atoms with Crippen LogP contribution in [0.1, 0.15) is 32.6 Å². The lowest BCUT2D eigenvalue weighted by Crippen LogP contribution is -2.08. The number of hydrogen-bond acceptors (Lipinski definition) is 1. The summed E-state index contributed by atoms with van der Waals surface area (Å²) < 4.78 is 0. The van der Waals surface area contributed by atoms with Crippen LogP contribution >= 0.6 is 0 Å². The molecule has 1 N–H and O–H groups in total. The van der Waals surface area contributed by atoms with E-state index in [0.717, 1.165) is 12.8 Å². The maximum absolute atomic E-state index is 9.15. The Kier molecular flexibility index (Phi) is 2.29. The highest BCUT2D eigenvalue weighted by atomic mass is 16.3. The molecule has 0 saturated heterocycles. The third-order valence-electron chi connectivity index (χ3n) is 1.87. The van der Waals surface area contributed by atoms with Gasteiger partial charge in [0, 0.05) is 0 Å². The molecule has 0 spiro atoms. The van der Waals surface area contributed by atoms with Crippen LogP contribution in [0.3, 0.4) is 0 Å². The molecule has 0 aliphatic heterocycles. The van der Waals surface area contributed by atoms with Crippen LogP contribution in [0, 0.1) is 0 Å². The molecule has 0 bridgehead atoms. The molecule has 0 saturated carbocycles. The number of aliphatic hydroxyl groups excluding tert-OH is 1. The van der Waals surface area contributed by atoms with Gasteiger partial charge in [0.05, 0.1) is 6.10 Å². The van der Waals surface area contributed by atoms with Crippen LogP contribution in [0.2, 0.25) is 0 Å². The summed E-state index contributed by atoms with van der Waals surface area (Å²) in [5, 5.41) is 9.15. The molecule has 0 fully saturated rings. The topological polar surface area (TPSA) is 20.2 Å². The van der Waals surface area contributed by atoms with Crippen molar-refractivity contribution in [2.24, 2.45) is 0 Å². The van der Waals surface area contributed by atoms with Gasteiger partial charge in [-0.2, -0.15) is 0 Å². The second kappa shape index (κ2) is 3.02. The Morgan fingerprint density at radius 2 is 2.44 bits per heavy atom. The number of rotatable bonds is 3. The molecule has 9 heavy (non-hydrogen) atoms. The van der Waals surface area contributed by atoms with Gasteiger partial charge in [0.2, 0.25) is 0 Å². The zero-order valence-electron chi connectivity index (χ0n) is 5.93. The van der Waals surface area contributed by atoms with Crippen LogP contribution in [0.4, 0.5) is 0 Å². The zero-order valence-corrected chi connectivity index (χ0v) is 5.93. The van der Waals surface area contributed by atoms with Crippen molar-refractivity contribution in [3.8, 4) is 0 Å². The monoisotopic (exact) mass is 126 g/mol. The first-order valence-corrected chi connectivity index (χ1v) is 3.69. The van der Waals surface area contributed by atoms with Crippen molar-refractivity contribution >= 4 is 0 Å². The first-order valence-electron chi connectivity index (χ1n) is 3.69. The van der Waals surface area contributed by atoms with Crippen LogP contribution in [0.5, 0.6) is 0 Å². The molecule has 1 nitrogen and oxygen atoms in total. The molecule has 1 aliphatic carbocycles. The van der Waals surface area contributed by atoms with Crippen LogP contribution in [-0.2, 0) is 0 Å². The summed E-state index contributed by atoms with van der Waals surface area (Å²) >= 11 is 0. The quantitative estimate of drug-likeness (QED) is 0.572. The Morgan fingerprint density at radius 3 is 2.78 bits per heavy atom. The molecule has 52 valence electrons. The van der Waals surface area contributed by atoms with Crippen LogP contribution in [0.25, 0.3) is 0 Å². The van der Waals surface area contributed by atoms with E-state index in [2.05, 4.69) is 6.08 Å². The van der Waals surface area contributed by atoms with Crippen molar-refractivity contribution in [3.63, 3.8) is 0 Å². The standard InChI is InChI=1S/C8H14O/c1-2-8(9)6-7-4-3-5-7/h4,8-9H,2-3,5-6H2,1H3. The summed E-state index contributed by atoms with van der Waals surface area (Å²) in [6.45, 7) is 2.02. The molecule has 1 rings (SSSR count). The van der Waals surface area contributed by atoms with Crippen molar-refractivity contribution in [2.75, 3.05) is 0 Å². The highest BCUT2D eigenvalue weighted by molar-refractivity contribution is 5.12. The van der Waals surface area contributed by atoms with E-state index in [-0.39, 0.29) is 6.10 Å². The summed E-state index contributed by atoms with van der Waals surface area (Å²) in [7, 11) is 0. The Labute approximate surface area is 56.4 Å². The normalized spacial score (nSPS) is 20.4. The molecule has 1 unspecified atom stereocenters. The van der Waals surface area contributed by atoms with Crippen molar-refractivity contribution in [2.45, 2.75) is 38.7 Å². The lowest BCUT2D eigenvalue weighted by Gasteiger charge is -2.16. The third kappa shape index (κ3) is 1.83. The zero-order chi connectivity index (χ0) is 6.69. The highest BCUT2D eigenvalue weighted by Crippen LogP contribution is 2.23. The van der Waals surface area contributed by atoms with E-state index in [0.29, 0.717) is 0 Å². The second-order valence-corrected chi connectivity index (χ2v) is 2.67. The van der Waals surface area contributed by atoms with Gasteiger partial charge in [-0.3, -0.25) is 0 Å². The van der Waals surface area contributed by atoms with E-state index in [1.54, 1.807) is 0 Å². The Bertz CT molecular complexity index is 116. The first-order chi connectivity index (χ1) is 4.33. The maximum Gasteiger partial charge on any atom is 0.0574 e. The molecule has 0 heterocycles. The highest BCUT2D eigenvalue weighted by Gasteiger charge is 2.09. The third-order valence-corrected chi connectivity index (χ3v) is 1.87. The van der Waals surface area contributed by atoms with Gasteiger partial charge in [-0.05, 0) is 25.7 Å². The largest absolute Gasteiger partial charge is 0.393 e. The molecule has 1 atom stereocenters. The lowest BCUT2D eigenvalue weighted by atomic mass is 9.93. The van der Waals surface area contributed by atoms with E-state index >= 15 is 0 Å². The summed E-state index contributed by atoms with van der Waals surface area (Å²) in [6.07, 6.45) is 6.38. The molecule has 0 aromatic rings. The van der Waals surface area contributed by atoms with E-state index in [1.807, 2.05) is 6.92 Å². The molecular formula is C8H14O. The van der Waals surface area contributed by atoms with Crippen molar-refractivity contribution in [1.82, 2.24) is 0 Å². The van der Waals surface area contributed by atoms with Gasteiger partial charge in [-0.1, -0.05) is 18.6 Å². The van der Waals surface area contributed by atoms with E-state index < -0.39 is 0 Å². The minimum absolute atomic E-state index is 0.0865. The molecular weight excluding hydrogens is 112 g/mol. The van der Waals surface area contributed by atoms with Gasteiger partial charge in [0.15, 0.2) is 0 Å². The molecule has 0 radical (unpaired) electrons. The number of hydrogen-bond donors (Lipinski definition) is 1. The molecule has 0 aromatic carbocycles. The lowest BCUT2D eigenvalue weighted by molar-refractivity contribution is 0.168. The fourth-order valence-corrected chi connectivity index (χ4v) is 0.981. The minimum atomic E-state index is -0.0865. The summed E-state index contributed by atoms with van der Waals surface area (Å²) in [5.41, 5.74) is 1.45. The average molecular weight is 126 g/mol. The summed E-state index contributed by atoms with van der Waals surface area (Å²) in [6, 6.07) is 0. The van der Waals surface area contributed by atoms with E-state index in [4.69, 9.17) is 5.11 Å². The fraction of sp³-hybridized carbons (Fsp3) is 0.750. The van der Waals surface area contributed by atoms with Gasteiger partial charge in [0.25, 0.3) is 0 Å². The van der Waals surface area contributed by atoms with Crippen molar-refractivity contribution in [3.05, 3.63) is 11.6 Å². The molecule has 1 heteroatoms. The summed E-state index contributed by atoms with van der Waals surface area (Å²) in [4.78, 5) is 0. The van der Waals surface area contributed by atoms with E-state index in [1.165, 1.54) is 18.4 Å². The SMILES string of the molecule is CCC(O)CC1=CCC1. The molecule has 0 amide bonds. The predicted octanol–water partition coefficient (Wildman–Crippen LogP) is 1.87. The van der Waals surface area contributed by atoms with Gasteiger partial charge >= 0.3 is 0 Å². The van der Waals surface area contributed by atoms with E-state index in [9.17, 15) is 0 Å². The maximum atomic E-state index is 9.15. The van der Waals surface area contributed by atoms with Crippen LogP contribution in [0.15, 0.2) is 11.6 Å². The number of allylic oxidation sites excluding steroid dienone is 1. The van der Waals surface area contributed by atoms with Gasteiger partial charge < -0.3 is 5.11 Å². The van der Waals surface area contributed by atoms with Gasteiger partial charge in [-0.25, -0.2) is 0 Å². The number of aliphatic hydroxyl groups is 1. The Hall–Kier alpha value is -0.300. The Balaban J connectivity index is 2.16. The van der Waals surface area contributed by atoms with Crippen molar-refractivity contribution < 1.29 is 5.11 Å². The smallest absolute Gasteiger partial charge is 0.0574 e. The molecule has 0 aromatic heterocycles.